The molecular weight excluding hydrogens is 442 g/mol. The fourth-order valence-corrected chi connectivity index (χ4v) is 5.56. The predicted molar refractivity (Wildman–Crippen MR) is 107 cm³/mol. The predicted octanol–water partition coefficient (Wildman–Crippen LogP) is 6.03. The molecule has 0 bridgehead atoms. The number of rotatable bonds is 7. The monoisotopic (exact) mass is 466 g/mol. The van der Waals surface area contributed by atoms with E-state index in [4.69, 9.17) is 13.3 Å². The molecule has 0 fully saturated rings. The summed E-state index contributed by atoms with van der Waals surface area (Å²) in [5.74, 6) is 0. The highest BCUT2D eigenvalue weighted by molar-refractivity contribution is 6.75. The van der Waals surface area contributed by atoms with E-state index in [1.807, 2.05) is 0 Å². The van der Waals surface area contributed by atoms with Crippen LogP contribution in [-0.2, 0) is 25.6 Å². The second kappa shape index (κ2) is 9.31. The second-order valence-electron chi connectivity index (χ2n) is 7.47. The van der Waals surface area contributed by atoms with E-state index < -0.39 is 32.3 Å². The highest BCUT2D eigenvalue weighted by Crippen LogP contribution is 2.38. The molecule has 2 aromatic carbocycles. The molecule has 2 aromatic rings. The molecule has 0 amide bonds. The molecule has 0 aliphatic rings. The fourth-order valence-electron chi connectivity index (χ4n) is 2.99. The van der Waals surface area contributed by atoms with Crippen molar-refractivity contribution < 1.29 is 39.6 Å². The van der Waals surface area contributed by atoms with Crippen LogP contribution in [0.2, 0.25) is 0 Å². The SMILES string of the molecule is CO[Si](OC(C)C)(OC(C)C)c1ccc(-c2cc(C(F)(F)F)cc(C(F)(F)F)c2)cc1. The second-order valence-corrected chi connectivity index (χ2v) is 10.0. The van der Waals surface area contributed by atoms with Gasteiger partial charge in [0.15, 0.2) is 0 Å². The van der Waals surface area contributed by atoms with Gasteiger partial charge in [-0.05, 0) is 57.0 Å². The minimum Gasteiger partial charge on any atom is -0.373 e. The molecule has 0 atom stereocenters. The third-order valence-corrected chi connectivity index (χ3v) is 7.35. The lowest BCUT2D eigenvalue weighted by molar-refractivity contribution is -0.143. The number of benzene rings is 2. The summed E-state index contributed by atoms with van der Waals surface area (Å²) in [4.78, 5) is 0. The third kappa shape index (κ3) is 6.31. The lowest BCUT2D eigenvalue weighted by Gasteiger charge is -2.32. The van der Waals surface area contributed by atoms with Gasteiger partial charge in [0.1, 0.15) is 0 Å². The highest BCUT2D eigenvalue weighted by Gasteiger charge is 2.45. The van der Waals surface area contributed by atoms with Gasteiger partial charge in [-0.2, -0.15) is 26.3 Å². The Morgan fingerprint density at radius 1 is 0.677 bits per heavy atom. The van der Waals surface area contributed by atoms with Crippen molar-refractivity contribution in [2.45, 2.75) is 52.3 Å². The van der Waals surface area contributed by atoms with E-state index in [0.717, 1.165) is 0 Å². The van der Waals surface area contributed by atoms with E-state index in [9.17, 15) is 26.3 Å². The van der Waals surface area contributed by atoms with Gasteiger partial charge in [-0.3, -0.25) is 0 Å². The molecule has 0 aromatic heterocycles. The minimum absolute atomic E-state index is 0.105. The Hall–Kier alpha value is -1.88. The summed E-state index contributed by atoms with van der Waals surface area (Å²) in [5, 5.41) is 0.546. The van der Waals surface area contributed by atoms with Crippen LogP contribution in [-0.4, -0.2) is 28.1 Å². The van der Waals surface area contributed by atoms with Gasteiger partial charge in [-0.25, -0.2) is 0 Å². The van der Waals surface area contributed by atoms with Crippen molar-refractivity contribution in [1.29, 1.82) is 0 Å². The van der Waals surface area contributed by atoms with Crippen LogP contribution in [0.15, 0.2) is 42.5 Å². The zero-order valence-corrected chi connectivity index (χ0v) is 18.7. The summed E-state index contributed by atoms with van der Waals surface area (Å²) in [6.07, 6.45) is -10.3. The van der Waals surface area contributed by atoms with Crippen molar-refractivity contribution in [3.05, 3.63) is 53.6 Å². The Morgan fingerprint density at radius 3 is 1.42 bits per heavy atom. The van der Waals surface area contributed by atoms with Crippen LogP contribution in [0.5, 0.6) is 0 Å². The first-order valence-electron chi connectivity index (χ1n) is 9.49. The van der Waals surface area contributed by atoms with Crippen molar-refractivity contribution in [3.63, 3.8) is 0 Å². The van der Waals surface area contributed by atoms with Crippen molar-refractivity contribution in [3.8, 4) is 11.1 Å². The molecule has 0 unspecified atom stereocenters. The molecule has 0 heterocycles. The minimum atomic E-state index is -4.91. The standard InChI is InChI=1S/C21H24F6O3Si/c1-13(2)29-31(28-5,30-14(3)4)19-8-6-15(7-9-19)16-10-17(20(22,23)24)12-18(11-16)21(25,26)27/h6-14H,1-5H3. The third-order valence-electron chi connectivity index (χ3n) is 4.21. The van der Waals surface area contributed by atoms with Crippen molar-refractivity contribution >= 4 is 14.0 Å². The molecule has 0 radical (unpaired) electrons. The summed E-state index contributed by atoms with van der Waals surface area (Å²) in [5.41, 5.74) is -2.75. The largest absolute Gasteiger partial charge is 0.537 e. The molecule has 3 nitrogen and oxygen atoms in total. The topological polar surface area (TPSA) is 27.7 Å². The Labute approximate surface area is 178 Å². The zero-order valence-electron chi connectivity index (χ0n) is 17.7. The number of halogens is 6. The summed E-state index contributed by atoms with van der Waals surface area (Å²) in [6.45, 7) is 7.22. The molecule has 0 aliphatic carbocycles. The zero-order chi connectivity index (χ0) is 23.6. The maximum Gasteiger partial charge on any atom is 0.537 e. The van der Waals surface area contributed by atoms with Gasteiger partial charge in [0, 0.05) is 24.5 Å². The Morgan fingerprint density at radius 2 is 1.10 bits per heavy atom. The van der Waals surface area contributed by atoms with E-state index in [1.165, 1.54) is 19.2 Å². The van der Waals surface area contributed by atoms with Gasteiger partial charge < -0.3 is 13.3 Å². The van der Waals surface area contributed by atoms with Crippen LogP contribution in [0.4, 0.5) is 26.3 Å². The summed E-state index contributed by atoms with van der Waals surface area (Å²) >= 11 is 0. The average Bonchev–Trinajstić information content (AvgIpc) is 2.65. The first-order valence-corrected chi connectivity index (χ1v) is 11.2. The smallest absolute Gasteiger partial charge is 0.373 e. The van der Waals surface area contributed by atoms with Crippen LogP contribution >= 0.6 is 0 Å². The van der Waals surface area contributed by atoms with Gasteiger partial charge in [0.25, 0.3) is 0 Å². The van der Waals surface area contributed by atoms with Crippen LogP contribution in [0, 0.1) is 0 Å². The normalized spacial score (nSPS) is 13.3. The molecule has 0 spiro atoms. The van der Waals surface area contributed by atoms with Gasteiger partial charge in [-0.1, -0.05) is 24.3 Å². The van der Waals surface area contributed by atoms with E-state index >= 15 is 0 Å². The lowest BCUT2D eigenvalue weighted by Crippen LogP contribution is -2.58. The molecule has 172 valence electrons. The molecule has 2 rings (SSSR count). The Bertz CT molecular complexity index is 834. The van der Waals surface area contributed by atoms with E-state index in [1.54, 1.807) is 39.8 Å². The molecule has 0 aliphatic heterocycles. The van der Waals surface area contributed by atoms with E-state index in [0.29, 0.717) is 17.3 Å². The first kappa shape index (κ1) is 25.4. The summed E-state index contributed by atoms with van der Waals surface area (Å²) < 4.78 is 96.4. The van der Waals surface area contributed by atoms with E-state index in [2.05, 4.69) is 0 Å². The van der Waals surface area contributed by atoms with Crippen molar-refractivity contribution in [2.24, 2.45) is 0 Å². The molecule has 31 heavy (non-hydrogen) atoms. The Kier molecular flexibility index (Phi) is 7.62. The Balaban J connectivity index is 2.55. The van der Waals surface area contributed by atoms with Gasteiger partial charge in [0.05, 0.1) is 11.1 Å². The summed E-state index contributed by atoms with van der Waals surface area (Å²) in [7, 11) is -1.90. The fraction of sp³-hybridized carbons (Fsp3) is 0.429. The van der Waals surface area contributed by atoms with Gasteiger partial charge in [0.2, 0.25) is 0 Å². The molecule has 10 heteroatoms. The van der Waals surface area contributed by atoms with Crippen LogP contribution in [0.1, 0.15) is 38.8 Å². The van der Waals surface area contributed by atoms with E-state index in [-0.39, 0.29) is 29.4 Å². The molecule has 0 saturated carbocycles. The molecular formula is C21H24F6O3Si. The number of hydrogen-bond donors (Lipinski definition) is 0. The van der Waals surface area contributed by atoms with Crippen LogP contribution in [0.25, 0.3) is 11.1 Å². The van der Waals surface area contributed by atoms with Gasteiger partial charge >= 0.3 is 21.2 Å². The molecule has 0 saturated heterocycles. The highest BCUT2D eigenvalue weighted by atomic mass is 28.4. The first-order chi connectivity index (χ1) is 14.2. The van der Waals surface area contributed by atoms with Gasteiger partial charge in [-0.15, -0.1) is 0 Å². The van der Waals surface area contributed by atoms with Crippen molar-refractivity contribution in [2.75, 3.05) is 7.11 Å². The van der Waals surface area contributed by atoms with Crippen LogP contribution in [0.3, 0.4) is 0 Å². The lowest BCUT2D eigenvalue weighted by atomic mass is 9.99. The number of alkyl halides is 6. The number of hydrogen-bond acceptors (Lipinski definition) is 3. The maximum atomic E-state index is 13.1. The van der Waals surface area contributed by atoms with Crippen LogP contribution < -0.4 is 5.19 Å². The summed E-state index contributed by atoms with van der Waals surface area (Å²) in [6, 6.07) is 7.44. The average molecular weight is 466 g/mol. The quantitative estimate of drug-likeness (QED) is 0.368. The van der Waals surface area contributed by atoms with Crippen molar-refractivity contribution in [1.82, 2.24) is 0 Å². The molecule has 0 N–H and O–H groups in total. The maximum absolute atomic E-state index is 13.1.